The Bertz CT molecular complexity index is 1040. The Morgan fingerprint density at radius 3 is 2.94 bits per heavy atom. The molecule has 1 fully saturated rings. The molecule has 1 atom stereocenters. The summed E-state index contributed by atoms with van der Waals surface area (Å²) in [6.45, 7) is 5.28. The quantitative estimate of drug-likeness (QED) is 0.542. The average Bonchev–Trinajstić information content (AvgIpc) is 3.45. The minimum atomic E-state index is 0.103. The first-order valence-corrected chi connectivity index (χ1v) is 12.5. The molecule has 4 heterocycles. The first-order valence-electron chi connectivity index (χ1n) is 10.7. The zero-order valence-corrected chi connectivity index (χ0v) is 19.1. The van der Waals surface area contributed by atoms with E-state index in [0.29, 0.717) is 30.0 Å². The fourth-order valence-corrected chi connectivity index (χ4v) is 5.92. The van der Waals surface area contributed by atoms with Crippen LogP contribution >= 0.6 is 23.1 Å². The largest absolute Gasteiger partial charge is 0.410 e. The summed E-state index contributed by atoms with van der Waals surface area (Å²) < 4.78 is 5.85. The van der Waals surface area contributed by atoms with Gasteiger partial charge in [0.25, 0.3) is 11.1 Å². The minimum absolute atomic E-state index is 0.103. The number of carbonyl (C=O) groups excluding carboxylic acids is 1. The van der Waals surface area contributed by atoms with Crippen LogP contribution in [0.3, 0.4) is 0 Å². The number of nitrogens with zero attached hydrogens (tertiary/aromatic N) is 5. The molecule has 0 aromatic carbocycles. The van der Waals surface area contributed by atoms with Gasteiger partial charge in [-0.1, -0.05) is 24.8 Å². The van der Waals surface area contributed by atoms with Gasteiger partial charge in [-0.3, -0.25) is 4.79 Å². The highest BCUT2D eigenvalue weighted by molar-refractivity contribution is 7.99. The maximum Gasteiger partial charge on any atom is 0.277 e. The summed E-state index contributed by atoms with van der Waals surface area (Å²) in [6.07, 6.45) is 5.31. The third-order valence-corrected chi connectivity index (χ3v) is 7.90. The lowest BCUT2D eigenvalue weighted by Gasteiger charge is -2.35. The third kappa shape index (κ3) is 4.62. The number of aryl methyl sites for hydroxylation is 1. The lowest BCUT2D eigenvalue weighted by atomic mass is 9.90. The van der Waals surface area contributed by atoms with Crippen molar-refractivity contribution in [1.29, 1.82) is 0 Å². The van der Waals surface area contributed by atoms with Gasteiger partial charge in [0.2, 0.25) is 5.91 Å². The Morgan fingerprint density at radius 1 is 1.26 bits per heavy atom. The normalized spacial score (nSPS) is 18.8. The Morgan fingerprint density at radius 2 is 2.13 bits per heavy atom. The molecule has 0 saturated carbocycles. The van der Waals surface area contributed by atoms with Gasteiger partial charge in [-0.2, -0.15) is 0 Å². The van der Waals surface area contributed by atoms with Crippen molar-refractivity contribution in [2.75, 3.05) is 36.8 Å². The molecule has 0 bridgehead atoms. The number of carbonyl (C=O) groups is 1. The maximum atomic E-state index is 12.6. The third-order valence-electron chi connectivity index (χ3n) is 5.87. The molecule has 0 N–H and O–H groups in total. The molecule has 0 spiro atoms. The standard InChI is InChI=1S/C22H25N5O2S2/c1-15-5-6-17-16(12-15)13-18(31-17)21-24-25-22(29-21)30-14-20(28)27-10-8-26(9-11-27)19-4-2-3-7-23-19/h2-4,7,13,15H,5-6,8-12,14H2,1H3. The van der Waals surface area contributed by atoms with Gasteiger partial charge in [-0.15, -0.1) is 21.5 Å². The van der Waals surface area contributed by atoms with Crippen molar-refractivity contribution in [3.63, 3.8) is 0 Å². The number of thiophene rings is 1. The molecular weight excluding hydrogens is 430 g/mol. The van der Waals surface area contributed by atoms with Crippen molar-refractivity contribution in [1.82, 2.24) is 20.1 Å². The average molecular weight is 456 g/mol. The first kappa shape index (κ1) is 20.5. The molecule has 2 aliphatic rings. The Labute approximate surface area is 189 Å². The SMILES string of the molecule is CC1CCc2sc(-c3nnc(SCC(=O)N4CCN(c5ccccn5)CC4)o3)cc2C1. The summed E-state index contributed by atoms with van der Waals surface area (Å²) in [7, 11) is 0. The highest BCUT2D eigenvalue weighted by Crippen LogP contribution is 2.37. The van der Waals surface area contributed by atoms with E-state index in [4.69, 9.17) is 4.42 Å². The number of fused-ring (bicyclic) bond motifs is 1. The summed E-state index contributed by atoms with van der Waals surface area (Å²) in [6, 6.07) is 8.10. The van der Waals surface area contributed by atoms with Crippen LogP contribution in [0, 0.1) is 5.92 Å². The molecule has 3 aromatic heterocycles. The highest BCUT2D eigenvalue weighted by Gasteiger charge is 2.24. The fourth-order valence-electron chi connectivity index (χ4n) is 4.12. The Kier molecular flexibility index (Phi) is 5.95. The highest BCUT2D eigenvalue weighted by atomic mass is 32.2. The molecule has 162 valence electrons. The number of rotatable bonds is 5. The van der Waals surface area contributed by atoms with Gasteiger partial charge >= 0.3 is 0 Å². The van der Waals surface area contributed by atoms with E-state index in [1.165, 1.54) is 28.6 Å². The van der Waals surface area contributed by atoms with Gasteiger partial charge in [0.05, 0.1) is 10.6 Å². The van der Waals surface area contributed by atoms with Crippen LogP contribution in [-0.4, -0.2) is 57.9 Å². The number of thioether (sulfide) groups is 1. The van der Waals surface area contributed by atoms with E-state index in [-0.39, 0.29) is 5.91 Å². The number of aromatic nitrogens is 3. The smallest absolute Gasteiger partial charge is 0.277 e. The maximum absolute atomic E-state index is 12.6. The van der Waals surface area contributed by atoms with Crippen molar-refractivity contribution in [2.45, 2.75) is 31.4 Å². The summed E-state index contributed by atoms with van der Waals surface area (Å²) >= 11 is 3.08. The number of amides is 1. The second kappa shape index (κ2) is 9.00. The zero-order valence-electron chi connectivity index (χ0n) is 17.5. The Balaban J connectivity index is 1.14. The van der Waals surface area contributed by atoms with Crippen molar-refractivity contribution < 1.29 is 9.21 Å². The van der Waals surface area contributed by atoms with Crippen LogP contribution in [0.2, 0.25) is 0 Å². The predicted octanol–water partition coefficient (Wildman–Crippen LogP) is 3.76. The number of hydrogen-bond donors (Lipinski definition) is 0. The van der Waals surface area contributed by atoms with E-state index in [0.717, 1.165) is 42.5 Å². The number of pyridine rings is 1. The van der Waals surface area contributed by atoms with Crippen molar-refractivity contribution in [3.8, 4) is 10.8 Å². The van der Waals surface area contributed by atoms with E-state index < -0.39 is 0 Å². The fraction of sp³-hybridized carbons (Fsp3) is 0.455. The van der Waals surface area contributed by atoms with Crippen LogP contribution in [0.25, 0.3) is 10.8 Å². The molecule has 1 aliphatic heterocycles. The van der Waals surface area contributed by atoms with Gasteiger partial charge in [-0.25, -0.2) is 4.98 Å². The van der Waals surface area contributed by atoms with E-state index in [1.54, 1.807) is 17.5 Å². The van der Waals surface area contributed by atoms with Crippen LogP contribution in [-0.2, 0) is 17.6 Å². The predicted molar refractivity (Wildman–Crippen MR) is 123 cm³/mol. The van der Waals surface area contributed by atoms with Crippen molar-refractivity contribution in [3.05, 3.63) is 40.9 Å². The van der Waals surface area contributed by atoms with Gasteiger partial charge in [-0.05, 0) is 48.9 Å². The lowest BCUT2D eigenvalue weighted by molar-refractivity contribution is -0.128. The topological polar surface area (TPSA) is 75.4 Å². The number of piperazine rings is 1. The molecule has 1 aliphatic carbocycles. The van der Waals surface area contributed by atoms with Crippen LogP contribution in [0.4, 0.5) is 5.82 Å². The first-order chi connectivity index (χ1) is 15.2. The molecule has 1 amide bonds. The second-order valence-corrected chi connectivity index (χ2v) is 10.2. The van der Waals surface area contributed by atoms with Gasteiger partial charge in [0, 0.05) is 37.3 Å². The van der Waals surface area contributed by atoms with E-state index >= 15 is 0 Å². The number of hydrogen-bond acceptors (Lipinski definition) is 8. The molecule has 1 unspecified atom stereocenters. The zero-order chi connectivity index (χ0) is 21.2. The summed E-state index contributed by atoms with van der Waals surface area (Å²) in [5.74, 6) is 2.67. The molecule has 31 heavy (non-hydrogen) atoms. The molecule has 1 saturated heterocycles. The lowest BCUT2D eigenvalue weighted by Crippen LogP contribution is -2.49. The van der Waals surface area contributed by atoms with Crippen LogP contribution in [0.15, 0.2) is 40.1 Å². The van der Waals surface area contributed by atoms with E-state index in [1.807, 2.05) is 23.1 Å². The Hall–Kier alpha value is -2.39. The minimum Gasteiger partial charge on any atom is -0.410 e. The van der Waals surface area contributed by atoms with Gasteiger partial charge < -0.3 is 14.2 Å². The van der Waals surface area contributed by atoms with Gasteiger partial charge in [0.1, 0.15) is 5.82 Å². The van der Waals surface area contributed by atoms with Crippen LogP contribution < -0.4 is 4.90 Å². The molecule has 5 rings (SSSR count). The molecule has 3 aromatic rings. The molecule has 9 heteroatoms. The molecular formula is C22H25N5O2S2. The monoisotopic (exact) mass is 455 g/mol. The van der Waals surface area contributed by atoms with E-state index in [9.17, 15) is 4.79 Å². The summed E-state index contributed by atoms with van der Waals surface area (Å²) in [4.78, 5) is 23.6. The molecule has 0 radical (unpaired) electrons. The second-order valence-electron chi connectivity index (χ2n) is 8.12. The van der Waals surface area contributed by atoms with Gasteiger partial charge in [0.15, 0.2) is 0 Å². The summed E-state index contributed by atoms with van der Waals surface area (Å²) in [5, 5.41) is 8.82. The molecule has 7 nitrogen and oxygen atoms in total. The number of anilines is 1. The van der Waals surface area contributed by atoms with E-state index in [2.05, 4.69) is 33.1 Å². The van der Waals surface area contributed by atoms with Crippen molar-refractivity contribution >= 4 is 34.8 Å². The van der Waals surface area contributed by atoms with Crippen molar-refractivity contribution in [2.24, 2.45) is 5.92 Å². The van der Waals surface area contributed by atoms with Crippen LogP contribution in [0.1, 0.15) is 23.8 Å². The van der Waals surface area contributed by atoms with Crippen LogP contribution in [0.5, 0.6) is 0 Å². The summed E-state index contributed by atoms with van der Waals surface area (Å²) in [5.41, 5.74) is 1.42.